The highest BCUT2D eigenvalue weighted by molar-refractivity contribution is 6.30. The molecule has 1 saturated heterocycles. The molecule has 124 valence electrons. The number of hydrogen-bond acceptors (Lipinski definition) is 5. The van der Waals surface area contributed by atoms with Gasteiger partial charge in [-0.25, -0.2) is 4.98 Å². The minimum atomic E-state index is 0.546. The van der Waals surface area contributed by atoms with Crippen molar-refractivity contribution >= 4 is 34.9 Å². The molecule has 0 spiro atoms. The first-order valence-corrected chi connectivity index (χ1v) is 8.12. The van der Waals surface area contributed by atoms with Gasteiger partial charge in [0, 0.05) is 47.4 Å². The molecule has 2 aromatic rings. The average Bonchev–Trinajstić information content (AvgIpc) is 2.64. The molecule has 2 heterocycles. The van der Waals surface area contributed by atoms with E-state index in [0.29, 0.717) is 29.5 Å². The van der Waals surface area contributed by atoms with E-state index in [-0.39, 0.29) is 0 Å². The third kappa shape index (κ3) is 3.58. The van der Waals surface area contributed by atoms with Crippen LogP contribution in [0.25, 0.3) is 11.3 Å². The highest BCUT2D eigenvalue weighted by Gasteiger charge is 2.14. The maximum Gasteiger partial charge on any atom is 0.129 e. The molecule has 0 unspecified atom stereocenters. The molecule has 1 aliphatic heterocycles. The largest absolute Gasteiger partial charge is 0.398 e. The van der Waals surface area contributed by atoms with Gasteiger partial charge in [0.1, 0.15) is 5.82 Å². The van der Waals surface area contributed by atoms with Gasteiger partial charge in [-0.2, -0.15) is 0 Å². The summed E-state index contributed by atoms with van der Waals surface area (Å²) in [5.41, 5.74) is 9.25. The summed E-state index contributed by atoms with van der Waals surface area (Å²) in [5.74, 6) is 0.874. The predicted molar refractivity (Wildman–Crippen MR) is 98.5 cm³/mol. The maximum absolute atomic E-state index is 7.74. The number of halogens is 1. The minimum Gasteiger partial charge on any atom is -0.398 e. The fourth-order valence-corrected chi connectivity index (χ4v) is 2.78. The van der Waals surface area contributed by atoms with Crippen molar-refractivity contribution in [2.45, 2.75) is 0 Å². The summed E-state index contributed by atoms with van der Waals surface area (Å²) in [6, 6.07) is 11.1. The van der Waals surface area contributed by atoms with Gasteiger partial charge in [-0.05, 0) is 29.8 Å². The van der Waals surface area contributed by atoms with Crippen LogP contribution in [0.1, 0.15) is 11.1 Å². The number of benzene rings is 1. The van der Waals surface area contributed by atoms with E-state index in [1.54, 1.807) is 18.3 Å². The molecule has 0 saturated carbocycles. The maximum atomic E-state index is 7.74. The number of nitrogens with two attached hydrogens (primary N) is 1. The van der Waals surface area contributed by atoms with Gasteiger partial charge in [0.2, 0.25) is 0 Å². The number of morpholine rings is 1. The molecule has 1 aromatic carbocycles. The van der Waals surface area contributed by atoms with Gasteiger partial charge in [0.25, 0.3) is 0 Å². The number of hydrogen-bond donors (Lipinski definition) is 2. The summed E-state index contributed by atoms with van der Waals surface area (Å²) in [6.45, 7) is 3.03. The molecule has 3 N–H and O–H groups in total. The van der Waals surface area contributed by atoms with E-state index in [0.717, 1.165) is 30.0 Å². The number of anilines is 1. The van der Waals surface area contributed by atoms with E-state index in [9.17, 15) is 0 Å². The summed E-state index contributed by atoms with van der Waals surface area (Å²) in [6.07, 6.45) is 3.02. The van der Waals surface area contributed by atoms with Crippen molar-refractivity contribution in [1.82, 2.24) is 4.98 Å². The van der Waals surface area contributed by atoms with Gasteiger partial charge in [-0.15, -0.1) is 0 Å². The van der Waals surface area contributed by atoms with E-state index < -0.39 is 0 Å². The number of nitrogens with zero attached hydrogens (tertiary/aromatic N) is 2. The Hall–Kier alpha value is -2.37. The van der Waals surface area contributed by atoms with Crippen LogP contribution >= 0.6 is 11.6 Å². The van der Waals surface area contributed by atoms with E-state index in [4.69, 9.17) is 27.5 Å². The lowest BCUT2D eigenvalue weighted by atomic mass is 10.0. The van der Waals surface area contributed by atoms with Crippen LogP contribution in [0.4, 0.5) is 5.82 Å². The summed E-state index contributed by atoms with van der Waals surface area (Å²) in [5, 5.41) is 8.39. The first-order valence-electron chi connectivity index (χ1n) is 7.74. The van der Waals surface area contributed by atoms with Crippen molar-refractivity contribution in [3.8, 4) is 0 Å². The van der Waals surface area contributed by atoms with Gasteiger partial charge < -0.3 is 20.8 Å². The van der Waals surface area contributed by atoms with Crippen molar-refractivity contribution < 1.29 is 4.74 Å². The van der Waals surface area contributed by atoms with Gasteiger partial charge in [0.15, 0.2) is 0 Å². The molecule has 1 fully saturated rings. The van der Waals surface area contributed by atoms with Crippen molar-refractivity contribution in [3.63, 3.8) is 0 Å². The van der Waals surface area contributed by atoms with Crippen LogP contribution in [0, 0.1) is 5.41 Å². The van der Waals surface area contributed by atoms with Gasteiger partial charge >= 0.3 is 0 Å². The smallest absolute Gasteiger partial charge is 0.129 e. The molecule has 6 heteroatoms. The van der Waals surface area contributed by atoms with Crippen LogP contribution in [-0.2, 0) is 4.74 Å². The Morgan fingerprint density at radius 3 is 2.54 bits per heavy atom. The first-order chi connectivity index (χ1) is 11.7. The second-order valence-corrected chi connectivity index (χ2v) is 5.92. The lowest BCUT2D eigenvalue weighted by Gasteiger charge is -2.28. The zero-order valence-electron chi connectivity index (χ0n) is 13.2. The second kappa shape index (κ2) is 7.47. The normalized spacial score (nSPS) is 15.8. The fraction of sp³-hybridized carbons (Fsp3) is 0.222. The standard InChI is InChI=1S/C18H19ClN4O/c19-15-3-1-13(2-4-15)16(12-20)18(21)14-5-6-22-17(11-14)23-7-9-24-10-8-23/h1-6,11-12,20H,7-10,21H2/b18-16+,20-12?. The van der Waals surface area contributed by atoms with Crippen LogP contribution in [-0.4, -0.2) is 37.5 Å². The Bertz CT molecular complexity index is 752. The summed E-state index contributed by atoms with van der Waals surface area (Å²) in [7, 11) is 0. The Labute approximate surface area is 146 Å². The number of nitrogens with one attached hydrogen (secondary N) is 1. The monoisotopic (exact) mass is 342 g/mol. The van der Waals surface area contributed by atoms with Crippen LogP contribution in [0.3, 0.4) is 0 Å². The van der Waals surface area contributed by atoms with Crippen LogP contribution in [0.2, 0.25) is 5.02 Å². The third-order valence-corrected chi connectivity index (χ3v) is 4.23. The number of allylic oxidation sites excluding steroid dienone is 1. The third-order valence-electron chi connectivity index (χ3n) is 3.98. The molecular weight excluding hydrogens is 324 g/mol. The topological polar surface area (TPSA) is 75.2 Å². The molecule has 0 radical (unpaired) electrons. The molecule has 5 nitrogen and oxygen atoms in total. The zero-order valence-corrected chi connectivity index (χ0v) is 14.0. The fourth-order valence-electron chi connectivity index (χ4n) is 2.65. The quantitative estimate of drug-likeness (QED) is 0.837. The Kier molecular flexibility index (Phi) is 5.13. The molecular formula is C18H19ClN4O. The lowest BCUT2D eigenvalue weighted by molar-refractivity contribution is 0.122. The number of pyridine rings is 1. The lowest BCUT2D eigenvalue weighted by Crippen LogP contribution is -2.36. The molecule has 0 aliphatic carbocycles. The molecule has 3 rings (SSSR count). The zero-order chi connectivity index (χ0) is 16.9. The first kappa shape index (κ1) is 16.5. The summed E-state index contributed by atoms with van der Waals surface area (Å²) in [4.78, 5) is 6.61. The van der Waals surface area contributed by atoms with Gasteiger partial charge in [-0.3, -0.25) is 0 Å². The summed E-state index contributed by atoms with van der Waals surface area (Å²) >= 11 is 5.93. The second-order valence-electron chi connectivity index (χ2n) is 5.48. The van der Waals surface area contributed by atoms with Crippen LogP contribution in [0.5, 0.6) is 0 Å². The van der Waals surface area contributed by atoms with Crippen molar-refractivity contribution in [3.05, 3.63) is 58.7 Å². The van der Waals surface area contributed by atoms with E-state index in [1.807, 2.05) is 24.3 Å². The van der Waals surface area contributed by atoms with Crippen LogP contribution in [0.15, 0.2) is 42.6 Å². The predicted octanol–water partition coefficient (Wildman–Crippen LogP) is 3.05. The molecule has 1 aliphatic rings. The molecule has 0 bridgehead atoms. The van der Waals surface area contributed by atoms with Crippen LogP contribution < -0.4 is 10.6 Å². The van der Waals surface area contributed by atoms with E-state index >= 15 is 0 Å². The van der Waals surface area contributed by atoms with Crippen molar-refractivity contribution in [2.75, 3.05) is 31.2 Å². The van der Waals surface area contributed by atoms with Gasteiger partial charge in [0.05, 0.1) is 13.2 Å². The number of rotatable bonds is 4. The molecule has 0 amide bonds. The molecule has 1 aromatic heterocycles. The molecule has 0 atom stereocenters. The van der Waals surface area contributed by atoms with E-state index in [1.165, 1.54) is 6.21 Å². The highest BCUT2D eigenvalue weighted by atomic mass is 35.5. The Balaban J connectivity index is 1.96. The number of ether oxygens (including phenoxy) is 1. The van der Waals surface area contributed by atoms with Gasteiger partial charge in [-0.1, -0.05) is 23.7 Å². The Morgan fingerprint density at radius 2 is 1.88 bits per heavy atom. The van der Waals surface area contributed by atoms with Crippen molar-refractivity contribution in [2.24, 2.45) is 5.73 Å². The number of aromatic nitrogens is 1. The summed E-state index contributed by atoms with van der Waals surface area (Å²) < 4.78 is 5.38. The van der Waals surface area contributed by atoms with E-state index in [2.05, 4.69) is 9.88 Å². The average molecular weight is 343 g/mol. The SMILES string of the molecule is N=C/C(=C(\N)c1ccnc(N2CCOCC2)c1)c1ccc(Cl)cc1. The highest BCUT2D eigenvalue weighted by Crippen LogP contribution is 2.24. The Morgan fingerprint density at radius 1 is 1.17 bits per heavy atom. The molecule has 24 heavy (non-hydrogen) atoms. The van der Waals surface area contributed by atoms with Crippen molar-refractivity contribution in [1.29, 1.82) is 5.41 Å². The minimum absolute atomic E-state index is 0.546.